The van der Waals surface area contributed by atoms with E-state index >= 15 is 0 Å². The van der Waals surface area contributed by atoms with E-state index < -0.39 is 0 Å². The lowest BCUT2D eigenvalue weighted by Crippen LogP contribution is -2.55. The van der Waals surface area contributed by atoms with E-state index in [4.69, 9.17) is 5.73 Å². The number of likely N-dealkylation sites (tertiary alicyclic amines) is 1. The first kappa shape index (κ1) is 12.8. The molecule has 2 rings (SSSR count). The zero-order valence-electron chi connectivity index (χ0n) is 11.0. The molecule has 0 spiro atoms. The number of carbonyl (C=O) groups excluding carboxylic acids is 1. The molecule has 1 amide bonds. The third-order valence-corrected chi connectivity index (χ3v) is 4.13. The average Bonchev–Trinajstić information content (AvgIpc) is 3.05. The van der Waals surface area contributed by atoms with Crippen molar-refractivity contribution in [3.8, 4) is 0 Å². The van der Waals surface area contributed by atoms with Gasteiger partial charge in [0, 0.05) is 24.7 Å². The molecule has 1 saturated carbocycles. The van der Waals surface area contributed by atoms with Gasteiger partial charge in [-0.05, 0) is 39.5 Å². The highest BCUT2D eigenvalue weighted by atomic mass is 16.1. The molecule has 2 aliphatic rings. The van der Waals surface area contributed by atoms with Gasteiger partial charge in [-0.25, -0.2) is 0 Å². The lowest BCUT2D eigenvalue weighted by molar-refractivity contribution is -0.121. The highest BCUT2D eigenvalue weighted by Gasteiger charge is 2.32. The fourth-order valence-corrected chi connectivity index (χ4v) is 2.80. The van der Waals surface area contributed by atoms with Crippen LogP contribution in [0.1, 0.15) is 46.0 Å². The molecule has 98 valence electrons. The van der Waals surface area contributed by atoms with Crippen molar-refractivity contribution in [1.29, 1.82) is 0 Å². The largest absolute Gasteiger partial charge is 0.368 e. The molecule has 0 aromatic rings. The molecule has 3 N–H and O–H groups in total. The fourth-order valence-electron chi connectivity index (χ4n) is 2.80. The molecule has 3 atom stereocenters. The van der Waals surface area contributed by atoms with Crippen molar-refractivity contribution in [1.82, 2.24) is 10.2 Å². The van der Waals surface area contributed by atoms with Crippen molar-refractivity contribution in [3.63, 3.8) is 0 Å². The molecular formula is C13H25N3O. The molecule has 0 aromatic heterocycles. The summed E-state index contributed by atoms with van der Waals surface area (Å²) >= 11 is 0. The second-order valence-electron chi connectivity index (χ2n) is 5.72. The Balaban J connectivity index is 1.92. The summed E-state index contributed by atoms with van der Waals surface area (Å²) in [6.07, 6.45) is 6.15. The summed E-state index contributed by atoms with van der Waals surface area (Å²) in [6.45, 7) is 5.28. The van der Waals surface area contributed by atoms with Crippen molar-refractivity contribution in [2.24, 2.45) is 5.73 Å². The smallest absolute Gasteiger partial charge is 0.235 e. The number of primary amides is 1. The highest BCUT2D eigenvalue weighted by Crippen LogP contribution is 2.24. The van der Waals surface area contributed by atoms with Crippen LogP contribution in [-0.4, -0.2) is 41.5 Å². The van der Waals surface area contributed by atoms with Gasteiger partial charge in [0.2, 0.25) is 5.91 Å². The summed E-state index contributed by atoms with van der Waals surface area (Å²) < 4.78 is 0. The first-order valence-electron chi connectivity index (χ1n) is 6.89. The summed E-state index contributed by atoms with van der Waals surface area (Å²) in [5.74, 6) is -0.207. The first-order valence-corrected chi connectivity index (χ1v) is 6.89. The van der Waals surface area contributed by atoms with Crippen molar-refractivity contribution in [2.75, 3.05) is 6.54 Å². The molecular weight excluding hydrogens is 214 g/mol. The van der Waals surface area contributed by atoms with E-state index in [0.717, 1.165) is 6.54 Å². The molecule has 17 heavy (non-hydrogen) atoms. The summed E-state index contributed by atoms with van der Waals surface area (Å²) in [5.41, 5.74) is 5.49. The maximum atomic E-state index is 11.5. The number of carbonyl (C=O) groups is 1. The number of amides is 1. The molecule has 1 saturated heterocycles. The van der Waals surface area contributed by atoms with Crippen LogP contribution in [0.4, 0.5) is 0 Å². The third kappa shape index (κ3) is 3.42. The Morgan fingerprint density at radius 3 is 2.35 bits per heavy atom. The number of rotatable bonds is 5. The summed E-state index contributed by atoms with van der Waals surface area (Å²) in [7, 11) is 0. The normalized spacial score (nSPS) is 32.4. The van der Waals surface area contributed by atoms with Crippen molar-refractivity contribution in [2.45, 2.75) is 70.1 Å². The second kappa shape index (κ2) is 5.36. The molecule has 0 bridgehead atoms. The Kier molecular flexibility index (Phi) is 4.05. The van der Waals surface area contributed by atoms with Crippen LogP contribution in [0.5, 0.6) is 0 Å². The van der Waals surface area contributed by atoms with Crippen LogP contribution in [-0.2, 0) is 4.79 Å². The van der Waals surface area contributed by atoms with E-state index in [2.05, 4.69) is 24.1 Å². The molecule has 2 fully saturated rings. The Morgan fingerprint density at radius 1 is 1.29 bits per heavy atom. The Bertz CT molecular complexity index is 268. The summed E-state index contributed by atoms with van der Waals surface area (Å²) in [4.78, 5) is 13.9. The minimum atomic E-state index is -0.207. The van der Waals surface area contributed by atoms with Gasteiger partial charge in [0.15, 0.2) is 0 Å². The summed E-state index contributed by atoms with van der Waals surface area (Å²) in [5, 5.41) is 3.36. The van der Waals surface area contributed by atoms with Crippen molar-refractivity contribution < 1.29 is 4.79 Å². The summed E-state index contributed by atoms with van der Waals surface area (Å²) in [6, 6.07) is 1.50. The Morgan fingerprint density at radius 2 is 1.88 bits per heavy atom. The van der Waals surface area contributed by atoms with E-state index in [0.29, 0.717) is 18.1 Å². The monoisotopic (exact) mass is 239 g/mol. The van der Waals surface area contributed by atoms with Gasteiger partial charge in [-0.15, -0.1) is 0 Å². The molecule has 1 aliphatic carbocycles. The van der Waals surface area contributed by atoms with Gasteiger partial charge in [0.05, 0.1) is 6.04 Å². The first-order chi connectivity index (χ1) is 8.08. The third-order valence-electron chi connectivity index (χ3n) is 4.13. The molecule has 1 unspecified atom stereocenters. The minimum Gasteiger partial charge on any atom is -0.368 e. The fraction of sp³-hybridized carbons (Fsp3) is 0.923. The number of nitrogens with two attached hydrogens (primary N) is 1. The molecule has 4 heteroatoms. The molecule has 4 nitrogen and oxygen atoms in total. The zero-order valence-corrected chi connectivity index (χ0v) is 11.0. The van der Waals surface area contributed by atoms with E-state index in [1.165, 1.54) is 32.1 Å². The lowest BCUT2D eigenvalue weighted by Gasteiger charge is -2.40. The SMILES string of the molecule is C[C@@H]1CCC[C@H](C)N1CC(NC1CC1)C(N)=O. The van der Waals surface area contributed by atoms with Crippen LogP contribution in [0.3, 0.4) is 0 Å². The minimum absolute atomic E-state index is 0.175. The number of hydrogen-bond donors (Lipinski definition) is 2. The topological polar surface area (TPSA) is 58.4 Å². The van der Waals surface area contributed by atoms with Crippen LogP contribution in [0.2, 0.25) is 0 Å². The number of nitrogens with one attached hydrogen (secondary N) is 1. The van der Waals surface area contributed by atoms with Crippen LogP contribution >= 0.6 is 0 Å². The number of hydrogen-bond acceptors (Lipinski definition) is 3. The molecule has 0 aromatic carbocycles. The van der Waals surface area contributed by atoms with Crippen LogP contribution in [0.15, 0.2) is 0 Å². The van der Waals surface area contributed by atoms with Gasteiger partial charge in [-0.1, -0.05) is 6.42 Å². The van der Waals surface area contributed by atoms with Gasteiger partial charge in [0.25, 0.3) is 0 Å². The molecule has 1 heterocycles. The van der Waals surface area contributed by atoms with Crippen LogP contribution in [0, 0.1) is 0 Å². The number of nitrogens with zero attached hydrogens (tertiary/aromatic N) is 1. The second-order valence-corrected chi connectivity index (χ2v) is 5.72. The van der Waals surface area contributed by atoms with Gasteiger partial charge in [-0.2, -0.15) is 0 Å². The van der Waals surface area contributed by atoms with E-state index in [9.17, 15) is 4.79 Å². The molecule has 0 radical (unpaired) electrons. The predicted molar refractivity (Wildman–Crippen MR) is 68.6 cm³/mol. The van der Waals surface area contributed by atoms with Crippen molar-refractivity contribution in [3.05, 3.63) is 0 Å². The predicted octanol–water partition coefficient (Wildman–Crippen LogP) is 0.855. The Labute approximate surface area is 104 Å². The lowest BCUT2D eigenvalue weighted by atomic mass is 9.96. The quantitative estimate of drug-likeness (QED) is 0.748. The average molecular weight is 239 g/mol. The maximum Gasteiger partial charge on any atom is 0.235 e. The van der Waals surface area contributed by atoms with Gasteiger partial charge >= 0.3 is 0 Å². The number of piperidine rings is 1. The van der Waals surface area contributed by atoms with Crippen molar-refractivity contribution >= 4 is 5.91 Å². The van der Waals surface area contributed by atoms with E-state index in [1.54, 1.807) is 0 Å². The zero-order chi connectivity index (χ0) is 12.4. The van der Waals surface area contributed by atoms with E-state index in [-0.39, 0.29) is 11.9 Å². The maximum absolute atomic E-state index is 11.5. The standard InChI is InChI=1S/C13H25N3O/c1-9-4-3-5-10(2)16(9)8-12(13(14)17)15-11-6-7-11/h9-12,15H,3-8H2,1-2H3,(H2,14,17)/t9-,10+,12?. The van der Waals surface area contributed by atoms with Gasteiger partial charge in [0.1, 0.15) is 0 Å². The highest BCUT2D eigenvalue weighted by molar-refractivity contribution is 5.80. The van der Waals surface area contributed by atoms with Gasteiger partial charge in [-0.3, -0.25) is 9.69 Å². The van der Waals surface area contributed by atoms with Crippen LogP contribution < -0.4 is 11.1 Å². The Hall–Kier alpha value is -0.610. The van der Waals surface area contributed by atoms with E-state index in [1.807, 2.05) is 0 Å². The van der Waals surface area contributed by atoms with Crippen LogP contribution in [0.25, 0.3) is 0 Å². The van der Waals surface area contributed by atoms with Gasteiger partial charge < -0.3 is 11.1 Å². The molecule has 1 aliphatic heterocycles.